The zero-order valence-corrected chi connectivity index (χ0v) is 8.53. The number of nitrogens with zero attached hydrogens (tertiary/aromatic N) is 1. The van der Waals surface area contributed by atoms with Gasteiger partial charge >= 0.3 is 0 Å². The zero-order chi connectivity index (χ0) is 10.7. The first-order valence-corrected chi connectivity index (χ1v) is 4.87. The Labute approximate surface area is 83.3 Å². The molecule has 0 aliphatic heterocycles. The van der Waals surface area contributed by atoms with E-state index in [-0.39, 0.29) is 11.7 Å². The van der Waals surface area contributed by atoms with Crippen molar-refractivity contribution < 1.29 is 10.0 Å². The molecule has 80 valence electrons. The smallest absolute Gasteiger partial charge is 0.230 e. The molecule has 1 aliphatic rings. The van der Waals surface area contributed by atoms with Crippen LogP contribution in [0.3, 0.4) is 0 Å². The van der Waals surface area contributed by atoms with Crippen LogP contribution in [0.15, 0.2) is 5.16 Å². The first-order chi connectivity index (χ1) is 6.60. The Morgan fingerprint density at radius 1 is 1.79 bits per heavy atom. The quantitative estimate of drug-likeness (QED) is 0.263. The number of nitrogens with one attached hydrogen (secondary N) is 1. The van der Waals surface area contributed by atoms with Gasteiger partial charge in [0, 0.05) is 6.04 Å². The second-order valence-electron chi connectivity index (χ2n) is 3.77. The molecule has 0 aromatic carbocycles. The number of oxime groups is 1. The Balaban J connectivity index is 2.36. The van der Waals surface area contributed by atoms with E-state index in [1.807, 2.05) is 0 Å². The van der Waals surface area contributed by atoms with Crippen LogP contribution in [0, 0.1) is 11.8 Å². The summed E-state index contributed by atoms with van der Waals surface area (Å²) in [7, 11) is 0. The van der Waals surface area contributed by atoms with Crippen molar-refractivity contribution in [1.29, 1.82) is 0 Å². The number of rotatable bonds is 4. The van der Waals surface area contributed by atoms with Gasteiger partial charge in [-0.2, -0.15) is 0 Å². The molecule has 1 fully saturated rings. The van der Waals surface area contributed by atoms with Crippen LogP contribution in [0.25, 0.3) is 0 Å². The van der Waals surface area contributed by atoms with Crippen molar-refractivity contribution in [3.8, 4) is 0 Å². The highest BCUT2D eigenvalue weighted by molar-refractivity contribution is 6.01. The fourth-order valence-electron chi connectivity index (χ4n) is 1.40. The van der Waals surface area contributed by atoms with E-state index in [9.17, 15) is 4.79 Å². The molecule has 3 unspecified atom stereocenters. The molecule has 14 heavy (non-hydrogen) atoms. The molecule has 0 aromatic heterocycles. The summed E-state index contributed by atoms with van der Waals surface area (Å²) < 4.78 is 0. The number of hydrogen-bond acceptors (Lipinski definition) is 3. The van der Waals surface area contributed by atoms with E-state index >= 15 is 0 Å². The van der Waals surface area contributed by atoms with E-state index in [2.05, 4.69) is 17.4 Å². The van der Waals surface area contributed by atoms with Crippen LogP contribution in [0.1, 0.15) is 26.7 Å². The Morgan fingerprint density at radius 3 is 2.86 bits per heavy atom. The van der Waals surface area contributed by atoms with Crippen molar-refractivity contribution in [2.24, 2.45) is 22.7 Å². The van der Waals surface area contributed by atoms with Crippen LogP contribution >= 0.6 is 0 Å². The van der Waals surface area contributed by atoms with Crippen molar-refractivity contribution in [1.82, 2.24) is 5.32 Å². The molecule has 4 N–H and O–H groups in total. The summed E-state index contributed by atoms with van der Waals surface area (Å²) in [5, 5.41) is 14.1. The molecule has 0 bridgehead atoms. The molecule has 0 saturated heterocycles. The fraction of sp³-hybridized carbons (Fsp3) is 0.778. The van der Waals surface area contributed by atoms with Gasteiger partial charge in [0.1, 0.15) is 0 Å². The Kier molecular flexibility index (Phi) is 3.33. The summed E-state index contributed by atoms with van der Waals surface area (Å²) in [6, 6.07) is 0.293. The van der Waals surface area contributed by atoms with Crippen molar-refractivity contribution in [2.75, 3.05) is 0 Å². The first kappa shape index (κ1) is 10.8. The molecule has 5 heteroatoms. The van der Waals surface area contributed by atoms with Gasteiger partial charge in [-0.3, -0.25) is 4.79 Å². The topological polar surface area (TPSA) is 87.7 Å². The van der Waals surface area contributed by atoms with E-state index < -0.39 is 5.92 Å². The average Bonchev–Trinajstić information content (AvgIpc) is 2.93. The minimum atomic E-state index is -0.557. The maximum Gasteiger partial charge on any atom is 0.230 e. The molecule has 1 aliphatic carbocycles. The van der Waals surface area contributed by atoms with Crippen molar-refractivity contribution in [2.45, 2.75) is 32.7 Å². The van der Waals surface area contributed by atoms with Gasteiger partial charge in [0.2, 0.25) is 5.91 Å². The molecular formula is C9H17N3O2. The Morgan fingerprint density at radius 2 is 2.43 bits per heavy atom. The largest absolute Gasteiger partial charge is 0.409 e. The van der Waals surface area contributed by atoms with Crippen LogP contribution in [0.4, 0.5) is 0 Å². The summed E-state index contributed by atoms with van der Waals surface area (Å²) in [6.45, 7) is 3.72. The second-order valence-corrected chi connectivity index (χ2v) is 3.77. The predicted molar refractivity (Wildman–Crippen MR) is 52.9 cm³/mol. The molecule has 3 atom stereocenters. The Hall–Kier alpha value is -1.26. The van der Waals surface area contributed by atoms with Gasteiger partial charge in [-0.25, -0.2) is 0 Å². The van der Waals surface area contributed by atoms with Gasteiger partial charge in [0.25, 0.3) is 0 Å². The maximum atomic E-state index is 11.5. The van der Waals surface area contributed by atoms with Gasteiger partial charge in [0.15, 0.2) is 5.84 Å². The lowest BCUT2D eigenvalue weighted by molar-refractivity contribution is -0.122. The van der Waals surface area contributed by atoms with Gasteiger partial charge in [0.05, 0.1) is 5.92 Å². The van der Waals surface area contributed by atoms with E-state index in [1.54, 1.807) is 6.92 Å². The van der Waals surface area contributed by atoms with E-state index in [0.717, 1.165) is 12.8 Å². The highest BCUT2D eigenvalue weighted by Gasteiger charge is 2.37. The number of carbonyl (C=O) groups excluding carboxylic acids is 1. The standard InChI is InChI=1S/C9H17N3O2/c1-3-6-4-7(6)11-9(13)5(2)8(10)12-14/h5-7,14H,3-4H2,1-2H3,(H2,10,12)(H,11,13). The molecule has 1 rings (SSSR count). The third-order valence-electron chi connectivity index (χ3n) is 2.73. The summed E-state index contributed by atoms with van der Waals surface area (Å²) in [5.41, 5.74) is 5.32. The highest BCUT2D eigenvalue weighted by Crippen LogP contribution is 2.33. The number of carbonyl (C=O) groups is 1. The minimum Gasteiger partial charge on any atom is -0.409 e. The van der Waals surface area contributed by atoms with Gasteiger partial charge in [-0.15, -0.1) is 0 Å². The summed E-state index contributed by atoms with van der Waals surface area (Å²) in [6.07, 6.45) is 2.13. The summed E-state index contributed by atoms with van der Waals surface area (Å²) >= 11 is 0. The molecule has 5 nitrogen and oxygen atoms in total. The molecule has 1 saturated carbocycles. The first-order valence-electron chi connectivity index (χ1n) is 4.87. The van der Waals surface area contributed by atoms with Crippen molar-refractivity contribution >= 4 is 11.7 Å². The summed E-state index contributed by atoms with van der Waals surface area (Å²) in [5.74, 6) is -0.158. The molecule has 0 aromatic rings. The van der Waals surface area contributed by atoms with Gasteiger partial charge in [-0.1, -0.05) is 18.5 Å². The van der Waals surface area contributed by atoms with Crippen LogP contribution < -0.4 is 11.1 Å². The minimum absolute atomic E-state index is 0.0452. The number of hydrogen-bond donors (Lipinski definition) is 3. The monoisotopic (exact) mass is 199 g/mol. The highest BCUT2D eigenvalue weighted by atomic mass is 16.4. The SMILES string of the molecule is CCC1CC1NC(=O)C(C)C(N)=NO. The lowest BCUT2D eigenvalue weighted by atomic mass is 10.1. The summed E-state index contributed by atoms with van der Waals surface area (Å²) in [4.78, 5) is 11.5. The number of amidine groups is 1. The van der Waals surface area contributed by atoms with Crippen molar-refractivity contribution in [3.63, 3.8) is 0 Å². The van der Waals surface area contributed by atoms with Gasteiger partial charge in [-0.05, 0) is 19.3 Å². The predicted octanol–water partition coefficient (Wildman–Crippen LogP) is 0.284. The second kappa shape index (κ2) is 4.30. The molecule has 1 amide bonds. The molecule has 0 radical (unpaired) electrons. The van der Waals surface area contributed by atoms with Gasteiger partial charge < -0.3 is 16.3 Å². The average molecular weight is 199 g/mol. The van der Waals surface area contributed by atoms with E-state index in [0.29, 0.717) is 12.0 Å². The third kappa shape index (κ3) is 2.37. The third-order valence-corrected chi connectivity index (χ3v) is 2.73. The molecule has 0 heterocycles. The Bertz CT molecular complexity index is 252. The number of amides is 1. The van der Waals surface area contributed by atoms with Crippen LogP contribution in [-0.2, 0) is 4.79 Å². The van der Waals surface area contributed by atoms with E-state index in [4.69, 9.17) is 10.9 Å². The zero-order valence-electron chi connectivity index (χ0n) is 8.53. The van der Waals surface area contributed by atoms with Crippen LogP contribution in [-0.4, -0.2) is 23.0 Å². The van der Waals surface area contributed by atoms with Crippen molar-refractivity contribution in [3.05, 3.63) is 0 Å². The molecule has 0 spiro atoms. The fourth-order valence-corrected chi connectivity index (χ4v) is 1.40. The normalized spacial score (nSPS) is 28.3. The maximum absolute atomic E-state index is 11.5. The van der Waals surface area contributed by atoms with Crippen LogP contribution in [0.2, 0.25) is 0 Å². The lowest BCUT2D eigenvalue weighted by Crippen LogP contribution is -2.38. The molecular weight excluding hydrogens is 182 g/mol. The number of nitrogens with two attached hydrogens (primary N) is 1. The van der Waals surface area contributed by atoms with Crippen LogP contribution in [0.5, 0.6) is 0 Å². The van der Waals surface area contributed by atoms with E-state index in [1.165, 1.54) is 0 Å². The lowest BCUT2D eigenvalue weighted by Gasteiger charge is -2.09.